The number of benzene rings is 1. The molecule has 0 aliphatic carbocycles. The molecule has 1 fully saturated rings. The van der Waals surface area contributed by atoms with Crippen LogP contribution >= 0.6 is 12.2 Å². The number of hydrogen-bond acceptors (Lipinski definition) is 4. The first-order valence-corrected chi connectivity index (χ1v) is 8.41. The third-order valence-electron chi connectivity index (χ3n) is 4.03. The second kappa shape index (κ2) is 8.93. The maximum absolute atomic E-state index is 5.66. The van der Waals surface area contributed by atoms with Crippen LogP contribution in [0.2, 0.25) is 0 Å². The van der Waals surface area contributed by atoms with Gasteiger partial charge in [-0.25, -0.2) is 0 Å². The molecule has 2 atom stereocenters. The van der Waals surface area contributed by atoms with Gasteiger partial charge >= 0.3 is 0 Å². The molecule has 1 aromatic carbocycles. The standard InChI is InChI=1S/C17H26N2O3S/c1-12(14-5-4-10-22-14)19-17(23)18-9-8-13-6-7-15(20-2)16(11-13)21-3/h6-7,11-12,14H,4-5,8-10H2,1-3H3,(H2,18,19,23). The van der Waals surface area contributed by atoms with E-state index in [9.17, 15) is 0 Å². The Bertz CT molecular complexity index is 519. The average molecular weight is 338 g/mol. The first kappa shape index (κ1) is 17.8. The van der Waals surface area contributed by atoms with Crippen LogP contribution in [0.15, 0.2) is 18.2 Å². The zero-order chi connectivity index (χ0) is 16.7. The summed E-state index contributed by atoms with van der Waals surface area (Å²) >= 11 is 5.35. The molecule has 2 unspecified atom stereocenters. The van der Waals surface area contributed by atoms with Crippen molar-refractivity contribution in [3.63, 3.8) is 0 Å². The van der Waals surface area contributed by atoms with E-state index in [4.69, 9.17) is 26.4 Å². The van der Waals surface area contributed by atoms with Gasteiger partial charge in [-0.05, 0) is 56.1 Å². The van der Waals surface area contributed by atoms with Gasteiger partial charge in [0.2, 0.25) is 0 Å². The molecule has 1 aliphatic heterocycles. The largest absolute Gasteiger partial charge is 0.493 e. The molecule has 0 saturated carbocycles. The topological polar surface area (TPSA) is 51.8 Å². The normalized spacial score (nSPS) is 18.3. The van der Waals surface area contributed by atoms with Gasteiger partial charge in [0.15, 0.2) is 16.6 Å². The van der Waals surface area contributed by atoms with Gasteiger partial charge < -0.3 is 24.8 Å². The van der Waals surface area contributed by atoms with Gasteiger partial charge in [-0.15, -0.1) is 0 Å². The Balaban J connectivity index is 1.74. The molecular weight excluding hydrogens is 312 g/mol. The number of rotatable bonds is 7. The van der Waals surface area contributed by atoms with E-state index in [1.54, 1.807) is 14.2 Å². The monoisotopic (exact) mass is 338 g/mol. The van der Waals surface area contributed by atoms with Gasteiger partial charge in [-0.1, -0.05) is 6.07 Å². The quantitative estimate of drug-likeness (QED) is 0.744. The van der Waals surface area contributed by atoms with Crippen LogP contribution in [-0.2, 0) is 11.2 Å². The SMILES string of the molecule is COc1ccc(CCNC(=S)NC(C)C2CCCO2)cc1OC. The molecule has 0 amide bonds. The van der Waals surface area contributed by atoms with Crippen LogP contribution in [-0.4, -0.2) is 44.6 Å². The summed E-state index contributed by atoms with van der Waals surface area (Å²) in [5.74, 6) is 1.49. The number of hydrogen-bond donors (Lipinski definition) is 2. The Morgan fingerprint density at radius 1 is 1.35 bits per heavy atom. The number of methoxy groups -OCH3 is 2. The molecule has 0 aromatic heterocycles. The van der Waals surface area contributed by atoms with E-state index >= 15 is 0 Å². The zero-order valence-electron chi connectivity index (χ0n) is 14.1. The number of nitrogens with one attached hydrogen (secondary N) is 2. The Labute approximate surface area is 143 Å². The molecule has 5 nitrogen and oxygen atoms in total. The molecule has 1 heterocycles. The van der Waals surface area contributed by atoms with E-state index < -0.39 is 0 Å². The highest BCUT2D eigenvalue weighted by atomic mass is 32.1. The second-order valence-corrected chi connectivity index (χ2v) is 6.09. The number of thiocarbonyl (C=S) groups is 1. The highest BCUT2D eigenvalue weighted by Crippen LogP contribution is 2.27. The van der Waals surface area contributed by atoms with Gasteiger partial charge in [0.05, 0.1) is 26.4 Å². The first-order valence-electron chi connectivity index (χ1n) is 8.01. The highest BCUT2D eigenvalue weighted by Gasteiger charge is 2.22. The van der Waals surface area contributed by atoms with E-state index in [1.807, 2.05) is 18.2 Å². The summed E-state index contributed by atoms with van der Waals surface area (Å²) in [6.07, 6.45) is 3.36. The van der Waals surface area contributed by atoms with Crippen LogP contribution in [0.4, 0.5) is 0 Å². The molecule has 0 radical (unpaired) electrons. The fraction of sp³-hybridized carbons (Fsp3) is 0.588. The zero-order valence-corrected chi connectivity index (χ0v) is 14.9. The Kier molecular flexibility index (Phi) is 6.92. The second-order valence-electron chi connectivity index (χ2n) is 5.68. The third-order valence-corrected chi connectivity index (χ3v) is 4.29. The Morgan fingerprint density at radius 3 is 2.78 bits per heavy atom. The van der Waals surface area contributed by atoms with Gasteiger partial charge in [-0.3, -0.25) is 0 Å². The summed E-state index contributed by atoms with van der Waals surface area (Å²) in [4.78, 5) is 0. The first-order chi connectivity index (χ1) is 11.1. The van der Waals surface area contributed by atoms with Crippen LogP contribution in [0.1, 0.15) is 25.3 Å². The third kappa shape index (κ3) is 5.25. The lowest BCUT2D eigenvalue weighted by Gasteiger charge is -2.22. The Morgan fingerprint density at radius 2 is 2.13 bits per heavy atom. The molecule has 128 valence electrons. The lowest BCUT2D eigenvalue weighted by molar-refractivity contribution is 0.0893. The highest BCUT2D eigenvalue weighted by molar-refractivity contribution is 7.80. The summed E-state index contributed by atoms with van der Waals surface area (Å²) in [5, 5.41) is 7.22. The van der Waals surface area contributed by atoms with Crippen LogP contribution in [0.25, 0.3) is 0 Å². The molecule has 0 spiro atoms. The van der Waals surface area contributed by atoms with Crippen LogP contribution in [0.5, 0.6) is 11.5 Å². The smallest absolute Gasteiger partial charge is 0.166 e. The van der Waals surface area contributed by atoms with Crippen molar-refractivity contribution in [1.82, 2.24) is 10.6 Å². The molecule has 2 N–H and O–H groups in total. The van der Waals surface area contributed by atoms with Crippen molar-refractivity contribution in [2.45, 2.75) is 38.3 Å². The average Bonchev–Trinajstić information content (AvgIpc) is 3.09. The van der Waals surface area contributed by atoms with Crippen molar-refractivity contribution in [1.29, 1.82) is 0 Å². The van der Waals surface area contributed by atoms with Crippen LogP contribution < -0.4 is 20.1 Å². The fourth-order valence-electron chi connectivity index (χ4n) is 2.70. The van der Waals surface area contributed by atoms with E-state index in [2.05, 4.69) is 17.6 Å². The van der Waals surface area contributed by atoms with Crippen molar-refractivity contribution in [3.8, 4) is 11.5 Å². The summed E-state index contributed by atoms with van der Waals surface area (Å²) in [6, 6.07) is 6.18. The summed E-state index contributed by atoms with van der Waals surface area (Å²) in [5.41, 5.74) is 1.17. The van der Waals surface area contributed by atoms with E-state index in [-0.39, 0.29) is 12.1 Å². The van der Waals surface area contributed by atoms with Crippen molar-refractivity contribution in [2.75, 3.05) is 27.4 Å². The minimum Gasteiger partial charge on any atom is -0.493 e. The predicted molar refractivity (Wildman–Crippen MR) is 95.4 cm³/mol. The summed E-state index contributed by atoms with van der Waals surface area (Å²) in [7, 11) is 3.28. The molecule has 0 bridgehead atoms. The lowest BCUT2D eigenvalue weighted by atomic mass is 10.1. The molecule has 2 rings (SSSR count). The lowest BCUT2D eigenvalue weighted by Crippen LogP contribution is -2.46. The summed E-state index contributed by atoms with van der Waals surface area (Å²) in [6.45, 7) is 3.73. The van der Waals surface area contributed by atoms with Crippen LogP contribution in [0.3, 0.4) is 0 Å². The van der Waals surface area contributed by atoms with Gasteiger partial charge in [0.1, 0.15) is 0 Å². The molecule has 23 heavy (non-hydrogen) atoms. The van der Waals surface area contributed by atoms with Crippen molar-refractivity contribution < 1.29 is 14.2 Å². The van der Waals surface area contributed by atoms with Gasteiger partial charge in [0.25, 0.3) is 0 Å². The molecule has 6 heteroatoms. The molecular formula is C17H26N2O3S. The van der Waals surface area contributed by atoms with Crippen molar-refractivity contribution in [3.05, 3.63) is 23.8 Å². The molecule has 1 aromatic rings. The fourth-order valence-corrected chi connectivity index (χ4v) is 2.99. The van der Waals surface area contributed by atoms with E-state index in [0.717, 1.165) is 43.9 Å². The minimum absolute atomic E-state index is 0.235. The van der Waals surface area contributed by atoms with Gasteiger partial charge in [0, 0.05) is 13.2 Å². The molecule has 1 aliphatic rings. The maximum Gasteiger partial charge on any atom is 0.166 e. The van der Waals surface area contributed by atoms with Crippen LogP contribution in [0, 0.1) is 0 Å². The predicted octanol–water partition coefficient (Wildman–Crippen LogP) is 2.28. The van der Waals surface area contributed by atoms with Crippen molar-refractivity contribution >= 4 is 17.3 Å². The number of ether oxygens (including phenoxy) is 3. The minimum atomic E-state index is 0.235. The van der Waals surface area contributed by atoms with Crippen molar-refractivity contribution in [2.24, 2.45) is 0 Å². The van der Waals surface area contributed by atoms with Gasteiger partial charge in [-0.2, -0.15) is 0 Å². The van der Waals surface area contributed by atoms with E-state index in [0.29, 0.717) is 5.11 Å². The summed E-state index contributed by atoms with van der Waals surface area (Å²) < 4.78 is 16.2. The van der Waals surface area contributed by atoms with E-state index in [1.165, 1.54) is 5.56 Å². The Hall–Kier alpha value is -1.53. The molecule has 1 saturated heterocycles. The maximum atomic E-state index is 5.66.